The lowest BCUT2D eigenvalue weighted by molar-refractivity contribution is 0.0721. The van der Waals surface area contributed by atoms with Crippen LogP contribution in [0.5, 0.6) is 0 Å². The molecule has 2 nitrogen and oxygen atoms in total. The van der Waals surface area contributed by atoms with E-state index in [9.17, 15) is 0 Å². The maximum absolute atomic E-state index is 5.83. The Bertz CT molecular complexity index is 155. The second-order valence-corrected chi connectivity index (χ2v) is 4.97. The van der Waals surface area contributed by atoms with Gasteiger partial charge in [0.1, 0.15) is 0 Å². The van der Waals surface area contributed by atoms with Gasteiger partial charge >= 0.3 is 0 Å². The lowest BCUT2D eigenvalue weighted by Gasteiger charge is -2.23. The van der Waals surface area contributed by atoms with Gasteiger partial charge in [0.2, 0.25) is 0 Å². The third-order valence-corrected chi connectivity index (χ3v) is 3.83. The van der Waals surface area contributed by atoms with Crippen molar-refractivity contribution in [2.24, 2.45) is 11.8 Å². The molecule has 0 bridgehead atoms. The first-order valence-corrected chi connectivity index (χ1v) is 6.53. The minimum atomic E-state index is 0.524. The molecule has 2 unspecified atom stereocenters. The third-order valence-electron chi connectivity index (χ3n) is 3.83. The fourth-order valence-electron chi connectivity index (χ4n) is 2.36. The molecular weight excluding hydrogens is 186 g/mol. The van der Waals surface area contributed by atoms with Crippen LogP contribution in [0.2, 0.25) is 0 Å². The predicted molar refractivity (Wildman–Crippen MR) is 65.1 cm³/mol. The Morgan fingerprint density at radius 2 is 2.00 bits per heavy atom. The topological polar surface area (TPSA) is 21.3 Å². The highest BCUT2D eigenvalue weighted by Crippen LogP contribution is 2.24. The summed E-state index contributed by atoms with van der Waals surface area (Å²) in [6.45, 7) is 6.39. The highest BCUT2D eigenvalue weighted by Gasteiger charge is 2.17. The van der Waals surface area contributed by atoms with E-state index in [0.717, 1.165) is 19.1 Å². The average molecular weight is 213 g/mol. The molecule has 1 fully saturated rings. The molecule has 0 aromatic heterocycles. The maximum atomic E-state index is 5.83. The molecule has 0 saturated heterocycles. The summed E-state index contributed by atoms with van der Waals surface area (Å²) in [5, 5.41) is 3.35. The van der Waals surface area contributed by atoms with Gasteiger partial charge in [-0.05, 0) is 31.7 Å². The molecule has 0 heterocycles. The zero-order chi connectivity index (χ0) is 11.1. The molecule has 0 aromatic rings. The van der Waals surface area contributed by atoms with E-state index in [2.05, 4.69) is 19.2 Å². The summed E-state index contributed by atoms with van der Waals surface area (Å²) >= 11 is 0. The van der Waals surface area contributed by atoms with Gasteiger partial charge in [0.15, 0.2) is 0 Å². The van der Waals surface area contributed by atoms with Crippen LogP contribution in [0.15, 0.2) is 0 Å². The number of nitrogens with one attached hydrogen (secondary N) is 1. The van der Waals surface area contributed by atoms with Crippen molar-refractivity contribution in [1.82, 2.24) is 5.32 Å². The number of hydrogen-bond acceptors (Lipinski definition) is 2. The smallest absolute Gasteiger partial charge is 0.0622 e. The van der Waals surface area contributed by atoms with E-state index in [-0.39, 0.29) is 0 Å². The number of rotatable bonds is 7. The monoisotopic (exact) mass is 213 g/mol. The van der Waals surface area contributed by atoms with Gasteiger partial charge in [-0.15, -0.1) is 0 Å². The zero-order valence-electron chi connectivity index (χ0n) is 10.6. The Hall–Kier alpha value is -0.0800. The van der Waals surface area contributed by atoms with Crippen LogP contribution in [0, 0.1) is 11.8 Å². The summed E-state index contributed by atoms with van der Waals surface area (Å²) < 4.78 is 5.83. The molecule has 90 valence electrons. The van der Waals surface area contributed by atoms with Crippen LogP contribution in [0.1, 0.15) is 46.0 Å². The molecule has 1 N–H and O–H groups in total. The van der Waals surface area contributed by atoms with Crippen molar-refractivity contribution >= 4 is 0 Å². The second-order valence-electron chi connectivity index (χ2n) is 4.97. The Morgan fingerprint density at radius 1 is 1.33 bits per heavy atom. The van der Waals surface area contributed by atoms with E-state index in [4.69, 9.17) is 4.74 Å². The van der Waals surface area contributed by atoms with Crippen molar-refractivity contribution in [2.75, 3.05) is 20.3 Å². The Morgan fingerprint density at radius 3 is 2.53 bits per heavy atom. The molecule has 0 radical (unpaired) electrons. The van der Waals surface area contributed by atoms with Gasteiger partial charge < -0.3 is 10.1 Å². The van der Waals surface area contributed by atoms with Gasteiger partial charge in [-0.1, -0.05) is 33.1 Å². The van der Waals surface area contributed by atoms with Gasteiger partial charge in [-0.25, -0.2) is 0 Å². The number of likely N-dealkylation sites (N-methyl/N-ethyl adjacent to an activating group) is 1. The summed E-state index contributed by atoms with van der Waals surface area (Å²) in [5.41, 5.74) is 0. The van der Waals surface area contributed by atoms with Crippen LogP contribution in [0.3, 0.4) is 0 Å². The molecule has 2 atom stereocenters. The largest absolute Gasteiger partial charge is 0.380 e. The second kappa shape index (κ2) is 7.24. The molecule has 0 amide bonds. The zero-order valence-corrected chi connectivity index (χ0v) is 10.6. The van der Waals surface area contributed by atoms with Crippen LogP contribution in [-0.4, -0.2) is 26.3 Å². The molecule has 1 aliphatic carbocycles. The van der Waals surface area contributed by atoms with Gasteiger partial charge in [0, 0.05) is 12.6 Å². The Labute approximate surface area is 94.8 Å². The van der Waals surface area contributed by atoms with Crippen LogP contribution in [-0.2, 0) is 4.74 Å². The van der Waals surface area contributed by atoms with Gasteiger partial charge in [0.25, 0.3) is 0 Å². The molecule has 0 aromatic carbocycles. The maximum Gasteiger partial charge on any atom is 0.0622 e. The van der Waals surface area contributed by atoms with Crippen LogP contribution in [0.25, 0.3) is 0 Å². The molecule has 1 rings (SSSR count). The first-order valence-electron chi connectivity index (χ1n) is 6.53. The molecule has 0 aliphatic heterocycles. The predicted octanol–water partition coefficient (Wildman–Crippen LogP) is 2.83. The van der Waals surface area contributed by atoms with Crippen LogP contribution >= 0.6 is 0 Å². The lowest BCUT2D eigenvalue weighted by atomic mass is 10.0. The van der Waals surface area contributed by atoms with Crippen molar-refractivity contribution in [3.63, 3.8) is 0 Å². The van der Waals surface area contributed by atoms with Crippen LogP contribution in [0.4, 0.5) is 0 Å². The summed E-state index contributed by atoms with van der Waals surface area (Å²) in [7, 11) is 2.04. The standard InChI is InChI=1S/C13H27NO/c1-4-11(2)13(14-3)10-15-9-12-7-5-6-8-12/h11-14H,4-10H2,1-3H3. The van der Waals surface area contributed by atoms with Crippen LogP contribution < -0.4 is 5.32 Å². The van der Waals surface area contributed by atoms with E-state index in [0.29, 0.717) is 12.0 Å². The third kappa shape index (κ3) is 4.52. The fourth-order valence-corrected chi connectivity index (χ4v) is 2.36. The molecule has 1 aliphatic rings. The quantitative estimate of drug-likeness (QED) is 0.702. The van der Waals surface area contributed by atoms with Crippen molar-refractivity contribution < 1.29 is 4.74 Å². The summed E-state index contributed by atoms with van der Waals surface area (Å²) in [5.74, 6) is 1.55. The minimum absolute atomic E-state index is 0.524. The van der Waals surface area contributed by atoms with Crippen molar-refractivity contribution in [3.05, 3.63) is 0 Å². The molecule has 0 spiro atoms. The van der Waals surface area contributed by atoms with E-state index in [1.165, 1.54) is 32.1 Å². The van der Waals surface area contributed by atoms with E-state index in [1.807, 2.05) is 7.05 Å². The molecule has 2 heteroatoms. The normalized spacial score (nSPS) is 21.8. The minimum Gasteiger partial charge on any atom is -0.380 e. The summed E-state index contributed by atoms with van der Waals surface area (Å²) in [4.78, 5) is 0. The summed E-state index contributed by atoms with van der Waals surface area (Å²) in [6.07, 6.45) is 6.81. The molecule has 15 heavy (non-hydrogen) atoms. The Kier molecular flexibility index (Phi) is 6.26. The van der Waals surface area contributed by atoms with E-state index >= 15 is 0 Å². The van der Waals surface area contributed by atoms with Crippen molar-refractivity contribution in [3.8, 4) is 0 Å². The summed E-state index contributed by atoms with van der Waals surface area (Å²) in [6, 6.07) is 0.524. The van der Waals surface area contributed by atoms with Gasteiger partial charge in [0.05, 0.1) is 6.61 Å². The number of hydrogen-bond donors (Lipinski definition) is 1. The average Bonchev–Trinajstić information content (AvgIpc) is 2.76. The Balaban J connectivity index is 2.10. The molecular formula is C13H27NO. The van der Waals surface area contributed by atoms with Crippen molar-refractivity contribution in [1.29, 1.82) is 0 Å². The van der Waals surface area contributed by atoms with Crippen molar-refractivity contribution in [2.45, 2.75) is 52.0 Å². The van der Waals surface area contributed by atoms with Gasteiger partial charge in [-0.2, -0.15) is 0 Å². The molecule has 1 saturated carbocycles. The highest BCUT2D eigenvalue weighted by molar-refractivity contribution is 4.71. The first kappa shape index (κ1) is 13.0. The SMILES string of the molecule is CCC(C)C(COCC1CCCC1)NC. The fraction of sp³-hybridized carbons (Fsp3) is 1.00. The highest BCUT2D eigenvalue weighted by atomic mass is 16.5. The van der Waals surface area contributed by atoms with Gasteiger partial charge in [-0.3, -0.25) is 0 Å². The van der Waals surface area contributed by atoms with E-state index < -0.39 is 0 Å². The first-order chi connectivity index (χ1) is 7.27. The van der Waals surface area contributed by atoms with E-state index in [1.54, 1.807) is 0 Å². The lowest BCUT2D eigenvalue weighted by Crippen LogP contribution is -2.36. The number of ether oxygens (including phenoxy) is 1.